The summed E-state index contributed by atoms with van der Waals surface area (Å²) in [6.45, 7) is 0.606. The topological polar surface area (TPSA) is 77.3 Å². The van der Waals surface area contributed by atoms with Gasteiger partial charge in [0.2, 0.25) is 17.7 Å². The lowest BCUT2D eigenvalue weighted by atomic mass is 9.96. The fraction of sp³-hybridized carbons (Fsp3) is 0.438. The molecule has 120 valence electrons. The molecule has 0 saturated heterocycles. The molecule has 1 aromatic heterocycles. The zero-order valence-electron chi connectivity index (χ0n) is 12.4. The molecule has 2 aromatic rings. The third kappa shape index (κ3) is 3.17. The summed E-state index contributed by atoms with van der Waals surface area (Å²) in [5.41, 5.74) is 0.956. The summed E-state index contributed by atoms with van der Waals surface area (Å²) in [6, 6.07) is 5.47. The molecule has 6 nitrogen and oxygen atoms in total. The molecule has 0 radical (unpaired) electrons. The Morgan fingerprint density at radius 2 is 2.22 bits per heavy atom. The largest absolute Gasteiger partial charge is 0.492 e. The number of rotatable bonds is 4. The Balaban J connectivity index is 1.35. The Kier molecular flexibility index (Phi) is 3.69. The van der Waals surface area contributed by atoms with Gasteiger partial charge in [0.05, 0.1) is 12.5 Å². The summed E-state index contributed by atoms with van der Waals surface area (Å²) < 4.78 is 11.2. The second kappa shape index (κ2) is 5.85. The molecule has 1 amide bonds. The molecule has 1 atom stereocenters. The molecule has 4 rings (SSSR count). The van der Waals surface area contributed by atoms with Crippen LogP contribution in [0.4, 0.5) is 0 Å². The van der Waals surface area contributed by atoms with Gasteiger partial charge in [0, 0.05) is 10.9 Å². The normalized spacial score (nSPS) is 19.8. The smallest absolute Gasteiger partial charge is 0.235 e. The number of nitrogens with zero attached hydrogens (tertiary/aromatic N) is 2. The van der Waals surface area contributed by atoms with Crippen LogP contribution in [-0.4, -0.2) is 22.7 Å². The van der Waals surface area contributed by atoms with Crippen molar-refractivity contribution >= 4 is 17.5 Å². The maximum absolute atomic E-state index is 12.3. The first-order valence-corrected chi connectivity index (χ1v) is 8.08. The van der Waals surface area contributed by atoms with Crippen LogP contribution in [0.15, 0.2) is 22.6 Å². The molecule has 0 bridgehead atoms. The van der Waals surface area contributed by atoms with E-state index in [0.29, 0.717) is 35.7 Å². The first-order chi connectivity index (χ1) is 11.2. The van der Waals surface area contributed by atoms with Crippen LogP contribution in [0.3, 0.4) is 0 Å². The summed E-state index contributed by atoms with van der Waals surface area (Å²) in [7, 11) is 0. The number of carbonyl (C=O) groups excluding carboxylic acids is 1. The number of nitrogens with one attached hydrogen (secondary N) is 1. The van der Waals surface area contributed by atoms with Crippen LogP contribution in [0.25, 0.3) is 0 Å². The van der Waals surface area contributed by atoms with Gasteiger partial charge in [-0.05, 0) is 43.0 Å². The summed E-state index contributed by atoms with van der Waals surface area (Å²) in [6.07, 6.45) is 2.82. The van der Waals surface area contributed by atoms with Crippen molar-refractivity contribution in [3.05, 3.63) is 40.6 Å². The summed E-state index contributed by atoms with van der Waals surface area (Å²) in [5.74, 6) is 2.01. The maximum Gasteiger partial charge on any atom is 0.235 e. The molecular weight excluding hydrogens is 318 g/mol. The molecule has 0 spiro atoms. The average Bonchev–Trinajstić information content (AvgIpc) is 3.30. The van der Waals surface area contributed by atoms with Gasteiger partial charge in [-0.1, -0.05) is 11.6 Å². The van der Waals surface area contributed by atoms with Gasteiger partial charge in [0.1, 0.15) is 12.4 Å². The number of amides is 1. The maximum atomic E-state index is 12.3. The van der Waals surface area contributed by atoms with E-state index in [1.54, 1.807) is 6.07 Å². The van der Waals surface area contributed by atoms with Crippen molar-refractivity contribution in [1.29, 1.82) is 0 Å². The third-order valence-electron chi connectivity index (χ3n) is 4.12. The molecule has 2 heterocycles. The third-order valence-corrected chi connectivity index (χ3v) is 4.36. The highest BCUT2D eigenvalue weighted by molar-refractivity contribution is 6.30. The second-order valence-corrected chi connectivity index (χ2v) is 6.43. The van der Waals surface area contributed by atoms with E-state index >= 15 is 0 Å². The van der Waals surface area contributed by atoms with E-state index in [2.05, 4.69) is 15.5 Å². The van der Waals surface area contributed by atoms with Gasteiger partial charge in [-0.25, -0.2) is 0 Å². The van der Waals surface area contributed by atoms with Gasteiger partial charge in [0.25, 0.3) is 0 Å². The number of carbonyl (C=O) groups is 1. The fourth-order valence-electron chi connectivity index (χ4n) is 2.67. The quantitative estimate of drug-likeness (QED) is 0.930. The molecule has 23 heavy (non-hydrogen) atoms. The fourth-order valence-corrected chi connectivity index (χ4v) is 2.87. The van der Waals surface area contributed by atoms with E-state index < -0.39 is 0 Å². The van der Waals surface area contributed by atoms with E-state index in [9.17, 15) is 4.79 Å². The number of ether oxygens (including phenoxy) is 1. The van der Waals surface area contributed by atoms with Crippen LogP contribution in [0.5, 0.6) is 5.75 Å². The first kappa shape index (κ1) is 14.5. The SMILES string of the molecule is O=C(NCc1nnc(C2CC2)o1)[C@@H]1COc2ccc(Cl)cc2C1. The van der Waals surface area contributed by atoms with Crippen LogP contribution < -0.4 is 10.1 Å². The van der Waals surface area contributed by atoms with Crippen molar-refractivity contribution in [2.75, 3.05) is 6.61 Å². The number of hydrogen-bond donors (Lipinski definition) is 1. The van der Waals surface area contributed by atoms with Crippen molar-refractivity contribution in [1.82, 2.24) is 15.5 Å². The van der Waals surface area contributed by atoms with Crippen molar-refractivity contribution in [2.24, 2.45) is 5.92 Å². The predicted octanol–water partition coefficient (Wildman–Crippen LogP) is 2.47. The lowest BCUT2D eigenvalue weighted by Crippen LogP contribution is -2.37. The lowest BCUT2D eigenvalue weighted by molar-refractivity contribution is -0.126. The highest BCUT2D eigenvalue weighted by Crippen LogP contribution is 2.39. The van der Waals surface area contributed by atoms with Crippen LogP contribution in [-0.2, 0) is 17.8 Å². The van der Waals surface area contributed by atoms with Gasteiger partial charge < -0.3 is 14.5 Å². The zero-order chi connectivity index (χ0) is 15.8. The van der Waals surface area contributed by atoms with Crippen LogP contribution >= 0.6 is 11.6 Å². The Bertz CT molecular complexity index is 742. The average molecular weight is 334 g/mol. The van der Waals surface area contributed by atoms with Crippen LogP contribution in [0, 0.1) is 5.92 Å². The Morgan fingerprint density at radius 1 is 1.35 bits per heavy atom. The molecule has 1 saturated carbocycles. The molecule has 1 aliphatic carbocycles. The lowest BCUT2D eigenvalue weighted by Gasteiger charge is -2.24. The van der Waals surface area contributed by atoms with Crippen molar-refractivity contribution in [3.63, 3.8) is 0 Å². The highest BCUT2D eigenvalue weighted by atomic mass is 35.5. The Hall–Kier alpha value is -2.08. The van der Waals surface area contributed by atoms with E-state index in [-0.39, 0.29) is 18.4 Å². The standard InChI is InChI=1S/C16H16ClN3O3/c17-12-3-4-13-10(6-12)5-11(8-22-13)15(21)18-7-14-19-20-16(23-14)9-1-2-9/h3-4,6,9,11H,1-2,5,7-8H2,(H,18,21)/t11-/m0/s1. The van der Waals surface area contributed by atoms with Crippen molar-refractivity contribution < 1.29 is 13.9 Å². The first-order valence-electron chi connectivity index (χ1n) is 7.70. The summed E-state index contributed by atoms with van der Waals surface area (Å²) in [5, 5.41) is 11.4. The summed E-state index contributed by atoms with van der Waals surface area (Å²) >= 11 is 5.99. The predicted molar refractivity (Wildman–Crippen MR) is 82.3 cm³/mol. The van der Waals surface area contributed by atoms with Gasteiger partial charge >= 0.3 is 0 Å². The molecule has 1 N–H and O–H groups in total. The van der Waals surface area contributed by atoms with Crippen molar-refractivity contribution in [3.8, 4) is 5.75 Å². The number of hydrogen-bond acceptors (Lipinski definition) is 5. The zero-order valence-corrected chi connectivity index (χ0v) is 13.2. The molecule has 1 fully saturated rings. The molecule has 7 heteroatoms. The second-order valence-electron chi connectivity index (χ2n) is 5.99. The number of halogens is 1. The van der Waals surface area contributed by atoms with Gasteiger partial charge in [-0.15, -0.1) is 10.2 Å². The van der Waals surface area contributed by atoms with E-state index in [1.807, 2.05) is 12.1 Å². The number of aromatic nitrogens is 2. The molecular formula is C16H16ClN3O3. The van der Waals surface area contributed by atoms with Gasteiger partial charge in [-0.3, -0.25) is 4.79 Å². The molecule has 2 aliphatic rings. The molecule has 0 unspecified atom stereocenters. The Morgan fingerprint density at radius 3 is 3.04 bits per heavy atom. The molecule has 1 aliphatic heterocycles. The van der Waals surface area contributed by atoms with Crippen molar-refractivity contribution in [2.45, 2.75) is 31.7 Å². The number of benzene rings is 1. The van der Waals surface area contributed by atoms with Gasteiger partial charge in [-0.2, -0.15) is 0 Å². The van der Waals surface area contributed by atoms with Crippen LogP contribution in [0.2, 0.25) is 5.02 Å². The van der Waals surface area contributed by atoms with E-state index in [0.717, 1.165) is 24.2 Å². The van der Waals surface area contributed by atoms with E-state index in [4.69, 9.17) is 20.8 Å². The summed E-state index contributed by atoms with van der Waals surface area (Å²) in [4.78, 5) is 12.3. The minimum atomic E-state index is -0.244. The number of fused-ring (bicyclic) bond motifs is 1. The monoisotopic (exact) mass is 333 g/mol. The minimum Gasteiger partial charge on any atom is -0.492 e. The molecule has 1 aromatic carbocycles. The van der Waals surface area contributed by atoms with Gasteiger partial charge in [0.15, 0.2) is 0 Å². The Labute approximate surface area is 138 Å². The minimum absolute atomic E-state index is 0.0817. The van der Waals surface area contributed by atoms with Crippen LogP contribution in [0.1, 0.15) is 36.1 Å². The van der Waals surface area contributed by atoms with E-state index in [1.165, 1.54) is 0 Å². The highest BCUT2D eigenvalue weighted by Gasteiger charge is 2.30.